The van der Waals surface area contributed by atoms with Crippen molar-refractivity contribution in [1.82, 2.24) is 9.97 Å². The number of nitrogens with one attached hydrogen (secondary N) is 1. The van der Waals surface area contributed by atoms with Gasteiger partial charge < -0.3 is 11.1 Å². The van der Waals surface area contributed by atoms with Crippen LogP contribution in [0.2, 0.25) is 0 Å². The average molecular weight is 431 g/mol. The predicted octanol–water partition coefficient (Wildman–Crippen LogP) is 6.26. The van der Waals surface area contributed by atoms with E-state index in [-0.39, 0.29) is 5.91 Å². The van der Waals surface area contributed by atoms with Crippen molar-refractivity contribution < 1.29 is 4.79 Å². The van der Waals surface area contributed by atoms with Gasteiger partial charge in [0.15, 0.2) is 5.82 Å². The van der Waals surface area contributed by atoms with E-state index in [4.69, 9.17) is 10.7 Å². The first-order chi connectivity index (χ1) is 15.6. The molecule has 3 N–H and O–H groups in total. The van der Waals surface area contributed by atoms with Crippen molar-refractivity contribution in [3.63, 3.8) is 0 Å². The number of hydrogen-bond donors (Lipinski definition) is 2. The number of hydrogen-bond acceptors (Lipinski definition) is 4. The summed E-state index contributed by atoms with van der Waals surface area (Å²) in [5.41, 5.74) is 10.2. The molecule has 0 bridgehead atoms. The van der Waals surface area contributed by atoms with Crippen LogP contribution in [-0.2, 0) is 11.2 Å². The number of allylic oxidation sites excluding steroid dienone is 5. The summed E-state index contributed by atoms with van der Waals surface area (Å²) in [6.07, 6.45) is 17.5. The zero-order valence-corrected chi connectivity index (χ0v) is 19.0. The molecule has 2 aromatic rings. The molecule has 1 saturated carbocycles. The number of amides is 1. The standard InChI is InChI=1S/C27H34N4O/c1-3-5-9-20(4-2)12-17-26(32)31-27-24(18-21-10-7-6-8-11-21)30-25(19-29-27)22-13-15-23(28)16-14-22/h3-5,9,13-16,19,21H,2,6-8,10-12,17-18,28H2,1H3,(H,29,31,32)/b5-3-,20-9+. The summed E-state index contributed by atoms with van der Waals surface area (Å²) in [4.78, 5) is 22.2. The molecule has 5 nitrogen and oxygen atoms in total. The Balaban J connectivity index is 1.77. The maximum absolute atomic E-state index is 12.7. The molecule has 1 fully saturated rings. The number of nitrogens with two attached hydrogens (primary N) is 1. The van der Waals surface area contributed by atoms with Gasteiger partial charge in [0.25, 0.3) is 0 Å². The zero-order chi connectivity index (χ0) is 22.8. The Hall–Kier alpha value is -3.21. The summed E-state index contributed by atoms with van der Waals surface area (Å²) in [7, 11) is 0. The van der Waals surface area contributed by atoms with E-state index >= 15 is 0 Å². The summed E-state index contributed by atoms with van der Waals surface area (Å²) in [5.74, 6) is 1.11. The SMILES string of the molecule is C=C/C(=C\C=C/C)CCC(=O)Nc1ncc(-c2ccc(N)cc2)nc1CC1CCCCC1. The second kappa shape index (κ2) is 12.0. The van der Waals surface area contributed by atoms with Crippen molar-refractivity contribution in [2.45, 2.75) is 58.3 Å². The number of rotatable bonds is 9. The van der Waals surface area contributed by atoms with Crippen molar-refractivity contribution >= 4 is 17.4 Å². The number of benzene rings is 1. The highest BCUT2D eigenvalue weighted by Gasteiger charge is 2.19. The van der Waals surface area contributed by atoms with Crippen LogP contribution >= 0.6 is 0 Å². The van der Waals surface area contributed by atoms with Crippen LogP contribution in [0.5, 0.6) is 0 Å². The summed E-state index contributed by atoms with van der Waals surface area (Å²) in [6.45, 7) is 5.80. The van der Waals surface area contributed by atoms with Crippen molar-refractivity contribution in [1.29, 1.82) is 0 Å². The van der Waals surface area contributed by atoms with Crippen LogP contribution in [0.4, 0.5) is 11.5 Å². The van der Waals surface area contributed by atoms with Crippen LogP contribution < -0.4 is 11.1 Å². The molecule has 0 aliphatic heterocycles. The van der Waals surface area contributed by atoms with Crippen LogP contribution in [0.15, 0.2) is 66.9 Å². The Kier molecular flexibility index (Phi) is 8.79. The molecule has 1 aromatic heterocycles. The fourth-order valence-electron chi connectivity index (χ4n) is 4.06. The highest BCUT2D eigenvalue weighted by Crippen LogP contribution is 2.29. The minimum atomic E-state index is -0.0577. The molecule has 1 aliphatic rings. The number of nitrogen functional groups attached to an aromatic ring is 1. The number of carbonyl (C=O) groups excluding carboxylic acids is 1. The Morgan fingerprint density at radius 3 is 2.62 bits per heavy atom. The fraction of sp³-hybridized carbons (Fsp3) is 0.370. The van der Waals surface area contributed by atoms with Crippen LogP contribution in [0.1, 0.15) is 57.6 Å². The quantitative estimate of drug-likeness (QED) is 0.364. The lowest BCUT2D eigenvalue weighted by atomic mass is 9.86. The Labute approximate surface area is 191 Å². The number of anilines is 2. The molecule has 0 saturated heterocycles. The van der Waals surface area contributed by atoms with E-state index in [9.17, 15) is 4.79 Å². The molecule has 5 heteroatoms. The van der Waals surface area contributed by atoms with Crippen molar-refractivity contribution in [2.75, 3.05) is 11.1 Å². The summed E-state index contributed by atoms with van der Waals surface area (Å²) in [6, 6.07) is 7.64. The highest BCUT2D eigenvalue weighted by molar-refractivity contribution is 5.90. The molecule has 1 amide bonds. The monoisotopic (exact) mass is 430 g/mol. The van der Waals surface area contributed by atoms with Crippen LogP contribution in [0.25, 0.3) is 11.3 Å². The first-order valence-electron chi connectivity index (χ1n) is 11.5. The van der Waals surface area contributed by atoms with Crippen molar-refractivity contribution in [3.8, 4) is 11.3 Å². The van der Waals surface area contributed by atoms with Gasteiger partial charge in [0.05, 0.1) is 17.6 Å². The van der Waals surface area contributed by atoms with E-state index < -0.39 is 0 Å². The molecule has 168 valence electrons. The molecule has 1 aliphatic carbocycles. The van der Waals surface area contributed by atoms with E-state index in [1.54, 1.807) is 12.3 Å². The van der Waals surface area contributed by atoms with Crippen LogP contribution in [0, 0.1) is 5.92 Å². The van der Waals surface area contributed by atoms with Crippen molar-refractivity contribution in [3.05, 3.63) is 72.6 Å². The van der Waals surface area contributed by atoms with Gasteiger partial charge in [-0.3, -0.25) is 4.79 Å². The van der Waals surface area contributed by atoms with Gasteiger partial charge in [0.1, 0.15) is 0 Å². The van der Waals surface area contributed by atoms with E-state index in [1.807, 2.05) is 49.4 Å². The van der Waals surface area contributed by atoms with Gasteiger partial charge >= 0.3 is 0 Å². The zero-order valence-electron chi connectivity index (χ0n) is 19.0. The number of carbonyl (C=O) groups is 1. The van der Waals surface area contributed by atoms with E-state index in [1.165, 1.54) is 32.1 Å². The molecular weight excluding hydrogens is 396 g/mol. The van der Waals surface area contributed by atoms with E-state index in [2.05, 4.69) is 16.9 Å². The third-order valence-corrected chi connectivity index (χ3v) is 5.92. The van der Waals surface area contributed by atoms with Crippen LogP contribution in [0.3, 0.4) is 0 Å². The second-order valence-corrected chi connectivity index (χ2v) is 8.40. The average Bonchev–Trinajstić information content (AvgIpc) is 2.81. The molecule has 1 aromatic carbocycles. The molecule has 1 heterocycles. The van der Waals surface area contributed by atoms with Gasteiger partial charge in [-0.1, -0.05) is 75.1 Å². The number of aromatic nitrogens is 2. The second-order valence-electron chi connectivity index (χ2n) is 8.40. The minimum absolute atomic E-state index is 0.0577. The highest BCUT2D eigenvalue weighted by atomic mass is 16.1. The lowest BCUT2D eigenvalue weighted by molar-refractivity contribution is -0.116. The third-order valence-electron chi connectivity index (χ3n) is 5.92. The Morgan fingerprint density at radius 1 is 1.19 bits per heavy atom. The van der Waals surface area contributed by atoms with Gasteiger partial charge in [-0.25, -0.2) is 9.97 Å². The van der Waals surface area contributed by atoms with E-state index in [0.29, 0.717) is 24.6 Å². The molecule has 3 rings (SSSR count). The first kappa shape index (κ1) is 23.5. The van der Waals surface area contributed by atoms with E-state index in [0.717, 1.165) is 34.6 Å². The maximum atomic E-state index is 12.7. The Morgan fingerprint density at radius 2 is 1.94 bits per heavy atom. The summed E-state index contributed by atoms with van der Waals surface area (Å²) >= 11 is 0. The molecule has 0 unspecified atom stereocenters. The third kappa shape index (κ3) is 6.91. The fourth-order valence-corrected chi connectivity index (χ4v) is 4.06. The minimum Gasteiger partial charge on any atom is -0.399 e. The largest absolute Gasteiger partial charge is 0.399 e. The predicted molar refractivity (Wildman–Crippen MR) is 133 cm³/mol. The van der Waals surface area contributed by atoms with Gasteiger partial charge in [-0.2, -0.15) is 0 Å². The normalized spacial score (nSPS) is 15.1. The first-order valence-corrected chi connectivity index (χ1v) is 11.5. The molecular formula is C27H34N4O. The van der Waals surface area contributed by atoms with Gasteiger partial charge in [-0.05, 0) is 43.4 Å². The molecule has 32 heavy (non-hydrogen) atoms. The van der Waals surface area contributed by atoms with Crippen molar-refractivity contribution in [2.24, 2.45) is 5.92 Å². The molecule has 0 spiro atoms. The van der Waals surface area contributed by atoms with Gasteiger partial charge in [0, 0.05) is 17.7 Å². The molecule has 0 atom stereocenters. The van der Waals surface area contributed by atoms with Gasteiger partial charge in [0.2, 0.25) is 5.91 Å². The molecule has 0 radical (unpaired) electrons. The topological polar surface area (TPSA) is 80.9 Å². The lowest BCUT2D eigenvalue weighted by Gasteiger charge is -2.22. The summed E-state index contributed by atoms with van der Waals surface area (Å²) < 4.78 is 0. The summed E-state index contributed by atoms with van der Waals surface area (Å²) in [5, 5.41) is 3.01. The maximum Gasteiger partial charge on any atom is 0.225 e. The number of nitrogens with zero attached hydrogens (tertiary/aromatic N) is 2. The van der Waals surface area contributed by atoms with Crippen LogP contribution in [-0.4, -0.2) is 15.9 Å². The lowest BCUT2D eigenvalue weighted by Crippen LogP contribution is -2.17. The van der Waals surface area contributed by atoms with Gasteiger partial charge in [-0.15, -0.1) is 0 Å². The Bertz CT molecular complexity index is 970. The smallest absolute Gasteiger partial charge is 0.225 e.